The van der Waals surface area contributed by atoms with Crippen LogP contribution in [0.25, 0.3) is 6.08 Å². The van der Waals surface area contributed by atoms with E-state index in [2.05, 4.69) is 48.6 Å². The molecule has 2 heteroatoms. The Morgan fingerprint density at radius 1 is 1.28 bits per heavy atom. The summed E-state index contributed by atoms with van der Waals surface area (Å²) in [6.45, 7) is 3.52. The standard InChI is InChI=1S/C16H21N.ClH/c1-12(9-13-5-3-2-4-6-13)15-10-16(15)17-11-14-7-8-14;/h2-6,9,14-17H,7-8,10-11H2,1H3;1H. The zero-order valence-corrected chi connectivity index (χ0v) is 11.7. The molecule has 2 atom stereocenters. The number of halogens is 1. The molecule has 1 aromatic rings. The molecule has 0 saturated heterocycles. The highest BCUT2D eigenvalue weighted by Crippen LogP contribution is 2.39. The Morgan fingerprint density at radius 2 is 2.00 bits per heavy atom. The van der Waals surface area contributed by atoms with E-state index in [9.17, 15) is 0 Å². The molecule has 2 aliphatic carbocycles. The van der Waals surface area contributed by atoms with Crippen molar-refractivity contribution < 1.29 is 0 Å². The minimum absolute atomic E-state index is 0. The lowest BCUT2D eigenvalue weighted by atomic mass is 10.1. The van der Waals surface area contributed by atoms with Crippen LogP contribution < -0.4 is 5.32 Å². The molecule has 98 valence electrons. The van der Waals surface area contributed by atoms with Crippen LogP contribution in [0.4, 0.5) is 0 Å². The van der Waals surface area contributed by atoms with E-state index in [-0.39, 0.29) is 12.4 Å². The molecule has 2 fully saturated rings. The van der Waals surface area contributed by atoms with Crippen LogP contribution in [0.5, 0.6) is 0 Å². The molecule has 1 aromatic carbocycles. The van der Waals surface area contributed by atoms with Crippen LogP contribution in [-0.4, -0.2) is 12.6 Å². The highest BCUT2D eigenvalue weighted by atomic mass is 35.5. The number of hydrogen-bond acceptors (Lipinski definition) is 1. The largest absolute Gasteiger partial charge is 0.313 e. The van der Waals surface area contributed by atoms with Crippen molar-refractivity contribution in [3.63, 3.8) is 0 Å². The Bertz CT molecular complexity index is 408. The van der Waals surface area contributed by atoms with Gasteiger partial charge >= 0.3 is 0 Å². The Balaban J connectivity index is 0.00000120. The topological polar surface area (TPSA) is 12.0 Å². The first kappa shape index (κ1) is 13.6. The number of benzene rings is 1. The summed E-state index contributed by atoms with van der Waals surface area (Å²) in [5.74, 6) is 1.78. The average molecular weight is 264 g/mol. The van der Waals surface area contributed by atoms with Crippen LogP contribution in [0.1, 0.15) is 31.7 Å². The van der Waals surface area contributed by atoms with Gasteiger partial charge in [0.25, 0.3) is 0 Å². The van der Waals surface area contributed by atoms with Gasteiger partial charge in [0.05, 0.1) is 0 Å². The number of nitrogens with one attached hydrogen (secondary N) is 1. The normalized spacial score (nSPS) is 26.6. The van der Waals surface area contributed by atoms with Crippen LogP contribution >= 0.6 is 12.4 Å². The summed E-state index contributed by atoms with van der Waals surface area (Å²) in [5, 5.41) is 3.69. The zero-order valence-electron chi connectivity index (χ0n) is 10.9. The third-order valence-corrected chi connectivity index (χ3v) is 3.93. The van der Waals surface area contributed by atoms with Crippen molar-refractivity contribution in [3.05, 3.63) is 41.5 Å². The Labute approximate surface area is 116 Å². The van der Waals surface area contributed by atoms with Gasteiger partial charge in [-0.25, -0.2) is 0 Å². The molecule has 18 heavy (non-hydrogen) atoms. The van der Waals surface area contributed by atoms with E-state index in [1.165, 1.54) is 36.9 Å². The summed E-state index contributed by atoms with van der Waals surface area (Å²) in [7, 11) is 0. The maximum Gasteiger partial charge on any atom is 0.0139 e. The van der Waals surface area contributed by atoms with E-state index < -0.39 is 0 Å². The van der Waals surface area contributed by atoms with E-state index in [1.807, 2.05) is 0 Å². The smallest absolute Gasteiger partial charge is 0.0139 e. The van der Waals surface area contributed by atoms with E-state index in [4.69, 9.17) is 0 Å². The molecule has 0 aliphatic heterocycles. The first-order valence-corrected chi connectivity index (χ1v) is 6.79. The molecule has 0 amide bonds. The van der Waals surface area contributed by atoms with Gasteiger partial charge in [-0.3, -0.25) is 0 Å². The number of rotatable bonds is 5. The molecule has 1 nitrogen and oxygen atoms in total. The zero-order chi connectivity index (χ0) is 11.7. The summed E-state index contributed by atoms with van der Waals surface area (Å²) in [5.41, 5.74) is 2.86. The minimum Gasteiger partial charge on any atom is -0.313 e. The van der Waals surface area contributed by atoms with E-state index in [1.54, 1.807) is 0 Å². The fourth-order valence-electron chi connectivity index (χ4n) is 2.48. The van der Waals surface area contributed by atoms with Crippen molar-refractivity contribution in [3.8, 4) is 0 Å². The van der Waals surface area contributed by atoms with Crippen LogP contribution in [0.15, 0.2) is 35.9 Å². The van der Waals surface area contributed by atoms with Crippen LogP contribution in [0.2, 0.25) is 0 Å². The molecular formula is C16H22ClN. The maximum atomic E-state index is 3.69. The third kappa shape index (κ3) is 3.60. The van der Waals surface area contributed by atoms with E-state index in [0.717, 1.165) is 17.9 Å². The van der Waals surface area contributed by atoms with Crippen molar-refractivity contribution in [1.82, 2.24) is 5.32 Å². The first-order chi connectivity index (χ1) is 8.33. The van der Waals surface area contributed by atoms with Crippen LogP contribution in [-0.2, 0) is 0 Å². The predicted octanol–water partition coefficient (Wildman–Crippen LogP) is 3.90. The SMILES string of the molecule is CC(=Cc1ccccc1)C1CC1NCC1CC1.Cl. The molecular weight excluding hydrogens is 242 g/mol. The van der Waals surface area contributed by atoms with Gasteiger partial charge in [-0.15, -0.1) is 12.4 Å². The molecule has 2 unspecified atom stereocenters. The van der Waals surface area contributed by atoms with Gasteiger partial charge in [0.15, 0.2) is 0 Å². The van der Waals surface area contributed by atoms with Crippen LogP contribution in [0.3, 0.4) is 0 Å². The summed E-state index contributed by atoms with van der Waals surface area (Å²) in [6, 6.07) is 11.4. The van der Waals surface area contributed by atoms with Gasteiger partial charge in [-0.2, -0.15) is 0 Å². The molecule has 0 radical (unpaired) electrons. The van der Waals surface area contributed by atoms with Gasteiger partial charge in [-0.05, 0) is 50.1 Å². The fourth-order valence-corrected chi connectivity index (χ4v) is 2.48. The minimum atomic E-state index is 0. The highest BCUT2D eigenvalue weighted by molar-refractivity contribution is 5.85. The molecule has 0 spiro atoms. The van der Waals surface area contributed by atoms with E-state index >= 15 is 0 Å². The molecule has 2 aliphatic rings. The predicted molar refractivity (Wildman–Crippen MR) is 80.0 cm³/mol. The quantitative estimate of drug-likeness (QED) is 0.850. The second kappa shape index (κ2) is 5.90. The lowest BCUT2D eigenvalue weighted by Crippen LogP contribution is -2.20. The summed E-state index contributed by atoms with van der Waals surface area (Å²) in [6.07, 6.45) is 6.57. The average Bonchev–Trinajstić information content (AvgIpc) is 3.22. The molecule has 0 bridgehead atoms. The van der Waals surface area contributed by atoms with Gasteiger partial charge < -0.3 is 5.32 Å². The maximum absolute atomic E-state index is 3.69. The fraction of sp³-hybridized carbons (Fsp3) is 0.500. The summed E-state index contributed by atoms with van der Waals surface area (Å²) in [4.78, 5) is 0. The first-order valence-electron chi connectivity index (χ1n) is 6.79. The van der Waals surface area contributed by atoms with Gasteiger partial charge in [0, 0.05) is 6.04 Å². The third-order valence-electron chi connectivity index (χ3n) is 3.93. The Morgan fingerprint density at radius 3 is 2.67 bits per heavy atom. The lowest BCUT2D eigenvalue weighted by Gasteiger charge is -2.03. The monoisotopic (exact) mass is 263 g/mol. The second-order valence-electron chi connectivity index (χ2n) is 5.60. The van der Waals surface area contributed by atoms with Crippen molar-refractivity contribution in [2.75, 3.05) is 6.54 Å². The van der Waals surface area contributed by atoms with Crippen molar-refractivity contribution >= 4 is 18.5 Å². The van der Waals surface area contributed by atoms with Gasteiger partial charge in [0.2, 0.25) is 0 Å². The van der Waals surface area contributed by atoms with Gasteiger partial charge in [0.1, 0.15) is 0 Å². The summed E-state index contributed by atoms with van der Waals surface area (Å²) >= 11 is 0. The van der Waals surface area contributed by atoms with Crippen molar-refractivity contribution in [2.24, 2.45) is 11.8 Å². The number of hydrogen-bond donors (Lipinski definition) is 1. The van der Waals surface area contributed by atoms with Gasteiger partial charge in [-0.1, -0.05) is 42.0 Å². The highest BCUT2D eigenvalue weighted by Gasteiger charge is 2.38. The molecule has 2 saturated carbocycles. The molecule has 0 aromatic heterocycles. The Hall–Kier alpha value is -0.790. The lowest BCUT2D eigenvalue weighted by molar-refractivity contribution is 0.616. The van der Waals surface area contributed by atoms with Crippen LogP contribution in [0, 0.1) is 11.8 Å². The molecule has 0 heterocycles. The second-order valence-corrected chi connectivity index (χ2v) is 5.60. The molecule has 3 rings (SSSR count). The molecule has 1 N–H and O–H groups in total. The summed E-state index contributed by atoms with van der Waals surface area (Å²) < 4.78 is 0. The van der Waals surface area contributed by atoms with Crippen molar-refractivity contribution in [2.45, 2.75) is 32.2 Å². The van der Waals surface area contributed by atoms with Crippen molar-refractivity contribution in [1.29, 1.82) is 0 Å². The Kier molecular flexibility index (Phi) is 4.47. The van der Waals surface area contributed by atoms with E-state index in [0.29, 0.717) is 0 Å².